The molecule has 0 fully saturated rings. The zero-order chi connectivity index (χ0) is 6.41. The number of hydrogen-bond donors (Lipinski definition) is 0. The second-order valence-electron chi connectivity index (χ2n) is 1.02. The van der Waals surface area contributed by atoms with E-state index < -0.39 is 11.4 Å². The molecule has 0 saturated heterocycles. The summed E-state index contributed by atoms with van der Waals surface area (Å²) in [5, 5.41) is 0. The number of rotatable bonds is 4. The molecule has 0 bridgehead atoms. The highest BCUT2D eigenvalue weighted by atomic mass is 32.2. The topological polar surface area (TPSA) is 35.5 Å². The first-order valence-corrected chi connectivity index (χ1v) is 3.49. The lowest BCUT2D eigenvalue weighted by atomic mass is 10.9. The molecule has 0 spiro atoms. The Morgan fingerprint density at radius 3 is 1.78 bits per heavy atom. The van der Waals surface area contributed by atoms with E-state index >= 15 is 0 Å². The van der Waals surface area contributed by atoms with Gasteiger partial charge in [-0.2, -0.15) is 4.21 Å². The van der Waals surface area contributed by atoms with Gasteiger partial charge < -0.3 is 0 Å². The van der Waals surface area contributed by atoms with E-state index in [2.05, 4.69) is 8.37 Å². The van der Waals surface area contributed by atoms with Crippen LogP contribution in [0.4, 0.5) is 4.70 Å². The molecule has 0 aromatic heterocycles. The van der Waals surface area contributed by atoms with Crippen molar-refractivity contribution in [2.24, 2.45) is 0 Å². The highest BCUT2D eigenvalue weighted by Crippen LogP contribution is 1.85. The first-order chi connectivity index (χ1) is 3.81. The Kier molecular flexibility index (Phi) is 10.4. The van der Waals surface area contributed by atoms with E-state index in [0.717, 1.165) is 0 Å². The van der Waals surface area contributed by atoms with Crippen LogP contribution >= 0.6 is 0 Å². The van der Waals surface area contributed by atoms with Gasteiger partial charge in [0.1, 0.15) is 0 Å². The second kappa shape index (κ2) is 8.00. The van der Waals surface area contributed by atoms with Crippen molar-refractivity contribution in [1.82, 2.24) is 0 Å². The lowest BCUT2D eigenvalue weighted by Gasteiger charge is -1.95. The van der Waals surface area contributed by atoms with E-state index in [1.807, 2.05) is 0 Å². The van der Waals surface area contributed by atoms with Crippen LogP contribution in [-0.2, 0) is 19.7 Å². The molecule has 0 unspecified atom stereocenters. The summed E-state index contributed by atoms with van der Waals surface area (Å²) in [6.07, 6.45) is 0. The smallest absolute Gasteiger partial charge is 0.269 e. The largest absolute Gasteiger partial charge is 0.304 e. The van der Waals surface area contributed by atoms with Crippen molar-refractivity contribution < 1.29 is 17.3 Å². The molecule has 0 saturated carbocycles. The van der Waals surface area contributed by atoms with Gasteiger partial charge in [-0.1, -0.05) is 0 Å². The van der Waals surface area contributed by atoms with E-state index in [4.69, 9.17) is 0 Å². The third-order valence-corrected chi connectivity index (χ3v) is 1.28. The van der Waals surface area contributed by atoms with Crippen LogP contribution in [0.5, 0.6) is 0 Å². The van der Waals surface area contributed by atoms with E-state index in [1.54, 1.807) is 13.8 Å². The van der Waals surface area contributed by atoms with Gasteiger partial charge in [-0.15, -0.1) is 0 Å². The monoisotopic (exact) mass is 158 g/mol. The predicted molar refractivity (Wildman–Crippen MR) is 33.9 cm³/mol. The molecule has 5 heteroatoms. The summed E-state index contributed by atoms with van der Waals surface area (Å²) in [6, 6.07) is 0. The van der Waals surface area contributed by atoms with E-state index in [-0.39, 0.29) is 4.70 Å². The molecule has 0 aliphatic rings. The van der Waals surface area contributed by atoms with Crippen LogP contribution in [0.1, 0.15) is 13.8 Å². The molecule has 0 radical (unpaired) electrons. The molecule has 0 rings (SSSR count). The summed E-state index contributed by atoms with van der Waals surface area (Å²) >= 11 is -1.52. The predicted octanol–water partition coefficient (Wildman–Crippen LogP) is 0.791. The van der Waals surface area contributed by atoms with Crippen LogP contribution in [0.15, 0.2) is 0 Å². The Morgan fingerprint density at radius 2 is 1.56 bits per heavy atom. The Balaban J connectivity index is 0. The Bertz CT molecular complexity index is 70.2. The second-order valence-corrected chi connectivity index (χ2v) is 1.90. The van der Waals surface area contributed by atoms with Gasteiger partial charge in [0.25, 0.3) is 0 Å². The molecule has 0 aromatic carbocycles. The average molecular weight is 158 g/mol. The van der Waals surface area contributed by atoms with Crippen LogP contribution in [0.25, 0.3) is 0 Å². The van der Waals surface area contributed by atoms with Crippen molar-refractivity contribution in [2.75, 3.05) is 13.2 Å². The SMILES string of the molecule is CCOS(=O)OCC.F. The Morgan fingerprint density at radius 1 is 1.22 bits per heavy atom. The molecule has 58 valence electrons. The van der Waals surface area contributed by atoms with Crippen molar-refractivity contribution in [1.29, 1.82) is 0 Å². The quantitative estimate of drug-likeness (QED) is 0.606. The first kappa shape index (κ1) is 11.8. The Hall–Kier alpha value is -0.0000000000000000278. The van der Waals surface area contributed by atoms with Crippen LogP contribution in [0, 0.1) is 0 Å². The van der Waals surface area contributed by atoms with Crippen molar-refractivity contribution in [3.05, 3.63) is 0 Å². The average Bonchev–Trinajstić information content (AvgIpc) is 1.68. The van der Waals surface area contributed by atoms with Crippen LogP contribution in [0.3, 0.4) is 0 Å². The third-order valence-electron chi connectivity index (χ3n) is 0.428. The van der Waals surface area contributed by atoms with Crippen molar-refractivity contribution in [2.45, 2.75) is 13.8 Å². The molecule has 0 aliphatic heterocycles. The number of halogens is 1. The van der Waals surface area contributed by atoms with Gasteiger partial charge in [0.15, 0.2) is 0 Å². The van der Waals surface area contributed by atoms with Gasteiger partial charge in [-0.3, -0.25) is 13.1 Å². The fourth-order valence-electron chi connectivity index (χ4n) is 0.226. The summed E-state index contributed by atoms with van der Waals surface area (Å²) in [5.41, 5.74) is 0. The van der Waals surface area contributed by atoms with Crippen molar-refractivity contribution in [3.63, 3.8) is 0 Å². The number of hydrogen-bond acceptors (Lipinski definition) is 3. The van der Waals surface area contributed by atoms with Gasteiger partial charge in [0, 0.05) is 0 Å². The molecule has 3 nitrogen and oxygen atoms in total. The van der Waals surface area contributed by atoms with Gasteiger partial charge in [0.2, 0.25) is 0 Å². The molecular weight excluding hydrogens is 147 g/mol. The van der Waals surface area contributed by atoms with Crippen LogP contribution in [-0.4, -0.2) is 17.4 Å². The van der Waals surface area contributed by atoms with E-state index in [0.29, 0.717) is 13.2 Å². The zero-order valence-corrected chi connectivity index (χ0v) is 6.27. The maximum absolute atomic E-state index is 10.3. The van der Waals surface area contributed by atoms with Crippen molar-refractivity contribution in [3.8, 4) is 0 Å². The fraction of sp³-hybridized carbons (Fsp3) is 1.00. The minimum Gasteiger partial charge on any atom is -0.269 e. The minimum absolute atomic E-state index is 0. The molecule has 0 N–H and O–H groups in total. The van der Waals surface area contributed by atoms with Crippen LogP contribution < -0.4 is 0 Å². The maximum Gasteiger partial charge on any atom is 0.304 e. The highest BCUT2D eigenvalue weighted by Gasteiger charge is 1.92. The summed E-state index contributed by atoms with van der Waals surface area (Å²) < 4.78 is 19.4. The molecule has 0 aromatic rings. The third kappa shape index (κ3) is 8.00. The summed E-state index contributed by atoms with van der Waals surface area (Å²) in [4.78, 5) is 0. The summed E-state index contributed by atoms with van der Waals surface area (Å²) in [5.74, 6) is 0. The molecule has 0 atom stereocenters. The van der Waals surface area contributed by atoms with Gasteiger partial charge in [0.05, 0.1) is 13.2 Å². The van der Waals surface area contributed by atoms with Crippen molar-refractivity contribution >= 4 is 11.4 Å². The standard InChI is InChI=1S/C4H10O3S.FH/c1-3-6-8(5)7-4-2;/h3-4H2,1-2H3;1H. The van der Waals surface area contributed by atoms with E-state index in [9.17, 15) is 4.21 Å². The molecule has 9 heavy (non-hydrogen) atoms. The Labute approximate surface area is 56.6 Å². The lowest BCUT2D eigenvalue weighted by molar-refractivity contribution is 0.269. The normalized spacial score (nSPS) is 9.22. The van der Waals surface area contributed by atoms with Gasteiger partial charge >= 0.3 is 11.4 Å². The van der Waals surface area contributed by atoms with Gasteiger partial charge in [-0.25, -0.2) is 0 Å². The zero-order valence-electron chi connectivity index (χ0n) is 5.46. The minimum atomic E-state index is -1.52. The molecule has 0 aliphatic carbocycles. The maximum atomic E-state index is 10.3. The van der Waals surface area contributed by atoms with Crippen LogP contribution in [0.2, 0.25) is 0 Å². The molecular formula is C4H11FO3S. The molecule has 0 heterocycles. The fourth-order valence-corrected chi connectivity index (χ4v) is 0.679. The molecule has 0 amide bonds. The first-order valence-electron chi connectivity index (χ1n) is 2.49. The van der Waals surface area contributed by atoms with E-state index in [1.165, 1.54) is 0 Å². The lowest BCUT2D eigenvalue weighted by Crippen LogP contribution is -2.00. The van der Waals surface area contributed by atoms with Gasteiger partial charge in [-0.05, 0) is 13.8 Å². The summed E-state index contributed by atoms with van der Waals surface area (Å²) in [7, 11) is 0. The highest BCUT2D eigenvalue weighted by molar-refractivity contribution is 7.75. The summed E-state index contributed by atoms with van der Waals surface area (Å²) in [6.45, 7) is 4.37.